The van der Waals surface area contributed by atoms with Crippen LogP contribution < -0.4 is 10.5 Å². The quantitative estimate of drug-likeness (QED) is 0.770. The van der Waals surface area contributed by atoms with E-state index < -0.39 is 0 Å². The normalized spacial score (nSPS) is 10.3. The summed E-state index contributed by atoms with van der Waals surface area (Å²) in [6, 6.07) is 19.1. The van der Waals surface area contributed by atoms with E-state index in [1.54, 1.807) is 6.07 Å². The number of hydrogen-bond donors (Lipinski definition) is 1. The van der Waals surface area contributed by atoms with Gasteiger partial charge in [0, 0.05) is 5.02 Å². The van der Waals surface area contributed by atoms with Gasteiger partial charge in [-0.15, -0.1) is 5.10 Å². The number of nitriles is 1. The van der Waals surface area contributed by atoms with Crippen LogP contribution in [0.5, 0.6) is 5.88 Å². The average Bonchev–Trinajstić information content (AvgIpc) is 2.91. The summed E-state index contributed by atoms with van der Waals surface area (Å²) in [6.07, 6.45) is 0. The Labute approximate surface area is 144 Å². The summed E-state index contributed by atoms with van der Waals surface area (Å²) >= 11 is 6.17. The van der Waals surface area contributed by atoms with E-state index in [4.69, 9.17) is 22.1 Å². The number of halogens is 1. The first-order valence-corrected chi connectivity index (χ1v) is 7.73. The van der Waals surface area contributed by atoms with Gasteiger partial charge in [0.05, 0.1) is 6.54 Å². The molecule has 0 saturated heterocycles. The van der Waals surface area contributed by atoms with Crippen molar-refractivity contribution >= 4 is 17.4 Å². The summed E-state index contributed by atoms with van der Waals surface area (Å²) in [6.45, 7) is 0.687. The number of aromatic nitrogens is 2. The van der Waals surface area contributed by atoms with Crippen LogP contribution in [0.2, 0.25) is 5.02 Å². The molecular formula is C18H15ClN4O. The van der Waals surface area contributed by atoms with E-state index in [2.05, 4.69) is 11.2 Å². The molecule has 6 heteroatoms. The van der Waals surface area contributed by atoms with Crippen molar-refractivity contribution in [1.29, 1.82) is 5.26 Å². The largest absolute Gasteiger partial charge is 0.471 e. The van der Waals surface area contributed by atoms with Crippen molar-refractivity contribution in [3.63, 3.8) is 0 Å². The molecule has 0 atom stereocenters. The highest BCUT2D eigenvalue weighted by Gasteiger charge is 2.17. The summed E-state index contributed by atoms with van der Waals surface area (Å²) in [5.41, 5.74) is 8.13. The molecule has 2 aromatic carbocycles. The molecule has 3 rings (SSSR count). The Hall–Kier alpha value is -2.97. The zero-order chi connectivity index (χ0) is 16.9. The van der Waals surface area contributed by atoms with Crippen LogP contribution in [0.15, 0.2) is 54.6 Å². The zero-order valence-electron chi connectivity index (χ0n) is 12.8. The molecule has 0 amide bonds. The van der Waals surface area contributed by atoms with Gasteiger partial charge < -0.3 is 10.5 Å². The number of nitrogens with two attached hydrogens (primary N) is 1. The summed E-state index contributed by atoms with van der Waals surface area (Å²) in [5.74, 6) is 0.492. The summed E-state index contributed by atoms with van der Waals surface area (Å²) in [4.78, 5) is 0. The lowest BCUT2D eigenvalue weighted by Crippen LogP contribution is -2.06. The molecule has 2 N–H and O–H groups in total. The summed E-state index contributed by atoms with van der Waals surface area (Å²) < 4.78 is 7.20. The number of anilines is 1. The molecule has 3 aromatic rings. The van der Waals surface area contributed by atoms with Crippen LogP contribution in [0.4, 0.5) is 5.82 Å². The van der Waals surface area contributed by atoms with Crippen molar-refractivity contribution in [2.75, 3.05) is 5.73 Å². The van der Waals surface area contributed by atoms with Gasteiger partial charge in [-0.25, -0.2) is 4.68 Å². The predicted molar refractivity (Wildman–Crippen MR) is 92.7 cm³/mol. The smallest absolute Gasteiger partial charge is 0.253 e. The Kier molecular flexibility index (Phi) is 4.69. The van der Waals surface area contributed by atoms with Crippen LogP contribution in [0.1, 0.15) is 16.7 Å². The van der Waals surface area contributed by atoms with Crippen molar-refractivity contribution in [3.8, 4) is 11.9 Å². The monoisotopic (exact) mass is 338 g/mol. The van der Waals surface area contributed by atoms with Crippen molar-refractivity contribution in [2.24, 2.45) is 0 Å². The maximum atomic E-state index is 9.34. The van der Waals surface area contributed by atoms with Gasteiger partial charge in [0.2, 0.25) is 0 Å². The van der Waals surface area contributed by atoms with E-state index in [1.165, 1.54) is 4.68 Å². The fourth-order valence-corrected chi connectivity index (χ4v) is 2.49. The van der Waals surface area contributed by atoms with E-state index >= 15 is 0 Å². The van der Waals surface area contributed by atoms with Gasteiger partial charge in [-0.1, -0.05) is 60.1 Å². The van der Waals surface area contributed by atoms with Gasteiger partial charge in [-0.3, -0.25) is 0 Å². The Balaban J connectivity index is 1.83. The molecule has 0 spiro atoms. The lowest BCUT2D eigenvalue weighted by atomic mass is 10.2. The molecule has 5 nitrogen and oxygen atoms in total. The number of benzene rings is 2. The molecule has 1 aromatic heterocycles. The number of hydrogen-bond acceptors (Lipinski definition) is 4. The van der Waals surface area contributed by atoms with E-state index in [9.17, 15) is 5.26 Å². The maximum absolute atomic E-state index is 9.34. The van der Waals surface area contributed by atoms with Gasteiger partial charge in [-0.05, 0) is 17.2 Å². The minimum Gasteiger partial charge on any atom is -0.471 e. The Morgan fingerprint density at radius 2 is 1.83 bits per heavy atom. The van der Waals surface area contributed by atoms with E-state index in [0.29, 0.717) is 18.2 Å². The molecule has 0 bridgehead atoms. The summed E-state index contributed by atoms with van der Waals surface area (Å²) in [5, 5.41) is 14.3. The molecule has 0 aliphatic carbocycles. The average molecular weight is 339 g/mol. The molecule has 1 heterocycles. The minimum atomic E-state index is 0.228. The SMILES string of the molecule is N#Cc1c(OCc2ccccc2)nn(Cc2ccccc2Cl)c1N. The van der Waals surface area contributed by atoms with Crippen molar-refractivity contribution in [1.82, 2.24) is 9.78 Å². The molecule has 24 heavy (non-hydrogen) atoms. The second kappa shape index (κ2) is 7.07. The standard InChI is InChI=1S/C18H15ClN4O/c19-16-9-5-4-8-14(16)11-23-17(21)15(10-20)18(22-23)24-12-13-6-2-1-3-7-13/h1-9H,11-12,21H2. The summed E-state index contributed by atoms with van der Waals surface area (Å²) in [7, 11) is 0. The van der Waals surface area contributed by atoms with Crippen LogP contribution >= 0.6 is 11.6 Å². The minimum absolute atomic E-state index is 0.228. The molecular weight excluding hydrogens is 324 g/mol. The Morgan fingerprint density at radius 3 is 2.54 bits per heavy atom. The first-order valence-electron chi connectivity index (χ1n) is 7.35. The maximum Gasteiger partial charge on any atom is 0.253 e. The van der Waals surface area contributed by atoms with E-state index in [0.717, 1.165) is 11.1 Å². The fraction of sp³-hybridized carbons (Fsp3) is 0.111. The van der Waals surface area contributed by atoms with Gasteiger partial charge in [0.15, 0.2) is 5.56 Å². The fourth-order valence-electron chi connectivity index (χ4n) is 2.29. The molecule has 0 aliphatic rings. The molecule has 0 aliphatic heterocycles. The highest BCUT2D eigenvalue weighted by atomic mass is 35.5. The first kappa shape index (κ1) is 15.9. The van der Waals surface area contributed by atoms with Crippen LogP contribution in [0.3, 0.4) is 0 Å². The first-order chi connectivity index (χ1) is 11.7. The highest BCUT2D eigenvalue weighted by molar-refractivity contribution is 6.31. The van der Waals surface area contributed by atoms with Crippen molar-refractivity contribution < 1.29 is 4.74 Å². The van der Waals surface area contributed by atoms with Crippen molar-refractivity contribution in [3.05, 3.63) is 76.3 Å². The lowest BCUT2D eigenvalue weighted by Gasteiger charge is -2.05. The predicted octanol–water partition coefficient (Wildman–Crippen LogP) is 3.62. The number of ether oxygens (including phenoxy) is 1. The third kappa shape index (κ3) is 3.34. The van der Waals surface area contributed by atoms with Gasteiger partial charge in [-0.2, -0.15) is 5.26 Å². The van der Waals surface area contributed by atoms with Crippen molar-refractivity contribution in [2.45, 2.75) is 13.2 Å². The molecule has 0 saturated carbocycles. The van der Waals surface area contributed by atoms with Gasteiger partial charge >= 0.3 is 0 Å². The van der Waals surface area contributed by atoms with Crippen LogP contribution in [0.25, 0.3) is 0 Å². The Morgan fingerprint density at radius 1 is 1.12 bits per heavy atom. The van der Waals surface area contributed by atoms with Gasteiger partial charge in [0.1, 0.15) is 18.5 Å². The number of nitrogens with zero attached hydrogens (tertiary/aromatic N) is 3. The number of rotatable bonds is 5. The third-order valence-corrected chi connectivity index (χ3v) is 3.94. The van der Waals surface area contributed by atoms with E-state index in [1.807, 2.05) is 48.5 Å². The third-order valence-electron chi connectivity index (χ3n) is 3.57. The second-order valence-electron chi connectivity index (χ2n) is 5.20. The number of nitrogen functional groups attached to an aromatic ring is 1. The highest BCUT2D eigenvalue weighted by Crippen LogP contribution is 2.26. The lowest BCUT2D eigenvalue weighted by molar-refractivity contribution is 0.289. The van der Waals surface area contributed by atoms with Crippen LogP contribution in [-0.4, -0.2) is 9.78 Å². The molecule has 0 unspecified atom stereocenters. The molecule has 120 valence electrons. The Bertz CT molecular complexity index is 884. The molecule has 0 radical (unpaired) electrons. The van der Waals surface area contributed by atoms with Crippen LogP contribution in [0, 0.1) is 11.3 Å². The topological polar surface area (TPSA) is 76.9 Å². The van der Waals surface area contributed by atoms with E-state index in [-0.39, 0.29) is 17.3 Å². The molecule has 0 fully saturated rings. The second-order valence-corrected chi connectivity index (χ2v) is 5.61. The van der Waals surface area contributed by atoms with Gasteiger partial charge in [0.25, 0.3) is 5.88 Å². The van der Waals surface area contributed by atoms with Crippen LogP contribution in [-0.2, 0) is 13.2 Å². The zero-order valence-corrected chi connectivity index (χ0v) is 13.6.